The highest BCUT2D eigenvalue weighted by molar-refractivity contribution is 5.57. The molecule has 0 radical (unpaired) electrons. The van der Waals surface area contributed by atoms with Gasteiger partial charge in [-0.2, -0.15) is 0 Å². The molecule has 5 heteroatoms. The molecule has 0 unspecified atom stereocenters. The maximum atomic E-state index is 5.85. The third-order valence-electron chi connectivity index (χ3n) is 4.95. The molecule has 0 N–H and O–H groups in total. The van der Waals surface area contributed by atoms with E-state index in [0.717, 1.165) is 39.3 Å². The van der Waals surface area contributed by atoms with Crippen molar-refractivity contribution < 1.29 is 9.47 Å². The van der Waals surface area contributed by atoms with Crippen LogP contribution in [0, 0.1) is 0 Å². The molecule has 1 aromatic heterocycles. The van der Waals surface area contributed by atoms with Gasteiger partial charge in [0, 0.05) is 50.7 Å². The summed E-state index contributed by atoms with van der Waals surface area (Å²) in [6, 6.07) is 14.5. The van der Waals surface area contributed by atoms with E-state index in [1.54, 1.807) is 6.20 Å². The van der Waals surface area contributed by atoms with Crippen molar-refractivity contribution in [3.63, 3.8) is 0 Å². The summed E-state index contributed by atoms with van der Waals surface area (Å²) in [4.78, 5) is 9.18. The minimum atomic E-state index is 0.113. The Morgan fingerprint density at radius 3 is 2.92 bits per heavy atom. The van der Waals surface area contributed by atoms with Crippen molar-refractivity contribution in [2.24, 2.45) is 0 Å². The standard InChI is InChI=1S/C20H25N3O2/c1-2-6-19-17(5-1)8-10-23(19)12-11-22-13-14-24-18(15-22)16-25-20-7-3-4-9-21-20/h1-7,9,18H,8,10-16H2/t18-/m1/s1. The molecular weight excluding hydrogens is 314 g/mol. The summed E-state index contributed by atoms with van der Waals surface area (Å²) < 4.78 is 11.6. The van der Waals surface area contributed by atoms with E-state index in [0.29, 0.717) is 12.5 Å². The molecular formula is C20H25N3O2. The Balaban J connectivity index is 1.25. The number of ether oxygens (including phenoxy) is 2. The molecule has 0 saturated carbocycles. The van der Waals surface area contributed by atoms with Crippen molar-refractivity contribution in [2.75, 3.05) is 50.8 Å². The summed E-state index contributed by atoms with van der Waals surface area (Å²) >= 11 is 0. The van der Waals surface area contributed by atoms with Gasteiger partial charge in [-0.05, 0) is 24.1 Å². The van der Waals surface area contributed by atoms with Gasteiger partial charge in [0.15, 0.2) is 0 Å². The number of nitrogens with zero attached hydrogens (tertiary/aromatic N) is 3. The van der Waals surface area contributed by atoms with Crippen LogP contribution in [0.4, 0.5) is 5.69 Å². The number of morpholine rings is 1. The van der Waals surface area contributed by atoms with Crippen molar-refractivity contribution in [3.8, 4) is 5.88 Å². The van der Waals surface area contributed by atoms with Crippen molar-refractivity contribution in [1.82, 2.24) is 9.88 Å². The van der Waals surface area contributed by atoms with Crippen molar-refractivity contribution in [1.29, 1.82) is 0 Å². The molecule has 2 aromatic rings. The van der Waals surface area contributed by atoms with E-state index < -0.39 is 0 Å². The van der Waals surface area contributed by atoms with E-state index in [1.807, 2.05) is 18.2 Å². The summed E-state index contributed by atoms with van der Waals surface area (Å²) in [7, 11) is 0. The van der Waals surface area contributed by atoms with Gasteiger partial charge in [0.25, 0.3) is 0 Å². The van der Waals surface area contributed by atoms with Gasteiger partial charge in [-0.1, -0.05) is 24.3 Å². The van der Waals surface area contributed by atoms with Crippen LogP contribution in [0.2, 0.25) is 0 Å². The molecule has 0 spiro atoms. The van der Waals surface area contributed by atoms with Crippen LogP contribution >= 0.6 is 0 Å². The Morgan fingerprint density at radius 2 is 2.00 bits per heavy atom. The number of hydrogen-bond acceptors (Lipinski definition) is 5. The Morgan fingerprint density at radius 1 is 1.08 bits per heavy atom. The van der Waals surface area contributed by atoms with Gasteiger partial charge in [0.05, 0.1) is 6.61 Å². The zero-order chi connectivity index (χ0) is 16.9. The minimum Gasteiger partial charge on any atom is -0.475 e. The van der Waals surface area contributed by atoms with E-state index in [2.05, 4.69) is 39.0 Å². The summed E-state index contributed by atoms with van der Waals surface area (Å²) in [5.74, 6) is 0.664. The van der Waals surface area contributed by atoms with Crippen molar-refractivity contribution in [3.05, 3.63) is 54.2 Å². The molecule has 1 fully saturated rings. The molecule has 3 heterocycles. The zero-order valence-electron chi connectivity index (χ0n) is 14.5. The maximum Gasteiger partial charge on any atom is 0.213 e. The SMILES string of the molecule is c1ccc(OC[C@H]2CN(CCN3CCc4ccccc43)CCO2)nc1. The second-order valence-electron chi connectivity index (χ2n) is 6.64. The first-order valence-electron chi connectivity index (χ1n) is 9.09. The molecule has 1 atom stereocenters. The normalized spacial score (nSPS) is 20.5. The lowest BCUT2D eigenvalue weighted by molar-refractivity contribution is -0.0476. The number of benzene rings is 1. The highest BCUT2D eigenvalue weighted by Gasteiger charge is 2.23. The molecule has 132 valence electrons. The van der Waals surface area contributed by atoms with E-state index in [9.17, 15) is 0 Å². The van der Waals surface area contributed by atoms with Crippen LogP contribution in [0.25, 0.3) is 0 Å². The Bertz CT molecular complexity index is 680. The van der Waals surface area contributed by atoms with E-state index in [4.69, 9.17) is 9.47 Å². The second kappa shape index (κ2) is 7.85. The smallest absolute Gasteiger partial charge is 0.213 e. The van der Waals surface area contributed by atoms with Crippen molar-refractivity contribution >= 4 is 5.69 Å². The fourth-order valence-corrected chi connectivity index (χ4v) is 3.60. The fraction of sp³-hybridized carbons (Fsp3) is 0.450. The Labute approximate surface area is 149 Å². The number of aromatic nitrogens is 1. The van der Waals surface area contributed by atoms with Crippen LogP contribution in [-0.4, -0.2) is 61.9 Å². The minimum absolute atomic E-state index is 0.113. The highest BCUT2D eigenvalue weighted by atomic mass is 16.5. The maximum absolute atomic E-state index is 5.85. The highest BCUT2D eigenvalue weighted by Crippen LogP contribution is 2.27. The van der Waals surface area contributed by atoms with Crippen LogP contribution in [0.5, 0.6) is 5.88 Å². The summed E-state index contributed by atoms with van der Waals surface area (Å²) in [5.41, 5.74) is 2.89. The lowest BCUT2D eigenvalue weighted by atomic mass is 10.2. The molecule has 1 aromatic carbocycles. The number of para-hydroxylation sites is 1. The van der Waals surface area contributed by atoms with Gasteiger partial charge in [0.2, 0.25) is 5.88 Å². The predicted octanol–water partition coefficient (Wildman–Crippen LogP) is 2.22. The van der Waals surface area contributed by atoms with Crippen LogP contribution in [0.1, 0.15) is 5.56 Å². The first-order valence-corrected chi connectivity index (χ1v) is 9.09. The quantitative estimate of drug-likeness (QED) is 0.807. The van der Waals surface area contributed by atoms with Crippen LogP contribution in [0.15, 0.2) is 48.7 Å². The lowest BCUT2D eigenvalue weighted by Crippen LogP contribution is -2.47. The van der Waals surface area contributed by atoms with Gasteiger partial charge in [-0.25, -0.2) is 4.98 Å². The van der Waals surface area contributed by atoms with Gasteiger partial charge in [0.1, 0.15) is 12.7 Å². The molecule has 25 heavy (non-hydrogen) atoms. The summed E-state index contributed by atoms with van der Waals surface area (Å²) in [6.45, 7) is 6.52. The summed E-state index contributed by atoms with van der Waals surface area (Å²) in [6.07, 6.45) is 3.03. The average molecular weight is 339 g/mol. The van der Waals surface area contributed by atoms with E-state index in [1.165, 1.54) is 17.7 Å². The topological polar surface area (TPSA) is 37.8 Å². The second-order valence-corrected chi connectivity index (χ2v) is 6.64. The fourth-order valence-electron chi connectivity index (χ4n) is 3.60. The van der Waals surface area contributed by atoms with Gasteiger partial charge >= 0.3 is 0 Å². The zero-order valence-corrected chi connectivity index (χ0v) is 14.5. The number of rotatable bonds is 6. The lowest BCUT2D eigenvalue weighted by Gasteiger charge is -2.34. The van der Waals surface area contributed by atoms with Crippen LogP contribution in [-0.2, 0) is 11.2 Å². The molecule has 2 aliphatic heterocycles. The number of fused-ring (bicyclic) bond motifs is 1. The molecule has 0 amide bonds. The van der Waals surface area contributed by atoms with Gasteiger partial charge in [-0.15, -0.1) is 0 Å². The first-order chi connectivity index (χ1) is 12.4. The monoisotopic (exact) mass is 339 g/mol. The van der Waals surface area contributed by atoms with Crippen molar-refractivity contribution in [2.45, 2.75) is 12.5 Å². The molecule has 0 bridgehead atoms. The summed E-state index contributed by atoms with van der Waals surface area (Å²) in [5, 5.41) is 0. The van der Waals surface area contributed by atoms with Crippen LogP contribution in [0.3, 0.4) is 0 Å². The predicted molar refractivity (Wildman–Crippen MR) is 98.3 cm³/mol. The first kappa shape index (κ1) is 16.4. The molecule has 0 aliphatic carbocycles. The number of hydrogen-bond donors (Lipinski definition) is 0. The average Bonchev–Trinajstić information content (AvgIpc) is 3.09. The van der Waals surface area contributed by atoms with Gasteiger partial charge < -0.3 is 14.4 Å². The number of pyridine rings is 1. The molecule has 2 aliphatic rings. The van der Waals surface area contributed by atoms with Gasteiger partial charge in [-0.3, -0.25) is 4.90 Å². The van der Waals surface area contributed by atoms with E-state index >= 15 is 0 Å². The Hall–Kier alpha value is -2.11. The van der Waals surface area contributed by atoms with E-state index in [-0.39, 0.29) is 6.10 Å². The third-order valence-corrected chi connectivity index (χ3v) is 4.95. The Kier molecular flexibility index (Phi) is 5.14. The van der Waals surface area contributed by atoms with Crippen LogP contribution < -0.4 is 9.64 Å². The third kappa shape index (κ3) is 4.11. The largest absolute Gasteiger partial charge is 0.475 e. The number of anilines is 1. The molecule has 4 rings (SSSR count). The molecule has 5 nitrogen and oxygen atoms in total. The molecule has 1 saturated heterocycles.